The van der Waals surface area contributed by atoms with Gasteiger partial charge in [-0.05, 0) is 24.8 Å². The quantitative estimate of drug-likeness (QED) is 0.635. The number of fused-ring (bicyclic) bond motifs is 1. The lowest BCUT2D eigenvalue weighted by Crippen LogP contribution is -2.43. The highest BCUT2D eigenvalue weighted by Crippen LogP contribution is 2.30. The fourth-order valence-corrected chi connectivity index (χ4v) is 3.74. The summed E-state index contributed by atoms with van der Waals surface area (Å²) in [4.78, 5) is 6.86. The Balaban J connectivity index is 1.41. The predicted octanol–water partition coefficient (Wildman–Crippen LogP) is 0.340. The average Bonchev–Trinajstić information content (AvgIpc) is 3.02. The van der Waals surface area contributed by atoms with Crippen molar-refractivity contribution in [2.24, 2.45) is 4.99 Å². The summed E-state index contributed by atoms with van der Waals surface area (Å²) in [5.41, 5.74) is 0.823. The van der Waals surface area contributed by atoms with E-state index in [9.17, 15) is 5.11 Å². The van der Waals surface area contributed by atoms with Crippen molar-refractivity contribution < 1.29 is 5.11 Å². The van der Waals surface area contributed by atoms with Crippen molar-refractivity contribution in [2.75, 3.05) is 39.3 Å². The number of aliphatic hydroxyl groups is 1. The highest BCUT2D eigenvalue weighted by molar-refractivity contribution is 8.16. The molecule has 0 aromatic carbocycles. The van der Waals surface area contributed by atoms with Crippen molar-refractivity contribution in [2.45, 2.75) is 24.9 Å². The topological polar surface area (TPSA) is 59.9 Å². The van der Waals surface area contributed by atoms with Gasteiger partial charge in [0, 0.05) is 44.8 Å². The second-order valence-corrected chi connectivity index (χ2v) is 6.31. The zero-order chi connectivity index (χ0) is 13.1. The van der Waals surface area contributed by atoms with Gasteiger partial charge in [0.2, 0.25) is 0 Å². The van der Waals surface area contributed by atoms with E-state index in [1.165, 1.54) is 10.9 Å². The smallest absolute Gasteiger partial charge is 0.167 e. The molecule has 1 fully saturated rings. The third-order valence-electron chi connectivity index (χ3n) is 3.90. The molecule has 1 atom stereocenters. The number of hydrogen-bond donors (Lipinski definition) is 3. The molecule has 3 heterocycles. The van der Waals surface area contributed by atoms with E-state index < -0.39 is 5.60 Å². The fraction of sp³-hybridized carbons (Fsp3) is 0.769. The van der Waals surface area contributed by atoms with Gasteiger partial charge >= 0.3 is 0 Å². The molecule has 0 radical (unpaired) electrons. The van der Waals surface area contributed by atoms with Gasteiger partial charge < -0.3 is 20.6 Å². The van der Waals surface area contributed by atoms with Gasteiger partial charge in [0.05, 0.1) is 5.60 Å². The fourth-order valence-electron chi connectivity index (χ4n) is 2.75. The second kappa shape index (κ2) is 5.83. The summed E-state index contributed by atoms with van der Waals surface area (Å²) in [6, 6.07) is 0. The van der Waals surface area contributed by atoms with Crippen LogP contribution in [0, 0.1) is 0 Å². The molecule has 0 amide bonds. The number of β-amino-alcohol motifs (C(OH)–C–C–N with tert-alkyl or cyclic N) is 1. The molecule has 0 saturated carbocycles. The molecule has 3 aliphatic heterocycles. The first-order chi connectivity index (χ1) is 9.27. The van der Waals surface area contributed by atoms with Crippen LogP contribution in [-0.2, 0) is 0 Å². The third-order valence-corrected chi connectivity index (χ3v) is 4.85. The summed E-state index contributed by atoms with van der Waals surface area (Å²) >= 11 is 1.74. The number of thioether (sulfide) groups is 1. The van der Waals surface area contributed by atoms with Crippen LogP contribution in [0.25, 0.3) is 0 Å². The summed E-state index contributed by atoms with van der Waals surface area (Å²) in [7, 11) is 0. The lowest BCUT2D eigenvalue weighted by Gasteiger charge is -2.26. The second-order valence-electron chi connectivity index (χ2n) is 5.47. The summed E-state index contributed by atoms with van der Waals surface area (Å²) in [5, 5.41) is 20.2. The van der Waals surface area contributed by atoms with Crippen LogP contribution in [0.3, 0.4) is 0 Å². The van der Waals surface area contributed by atoms with Gasteiger partial charge in [-0.2, -0.15) is 0 Å². The van der Waals surface area contributed by atoms with E-state index in [2.05, 4.69) is 25.9 Å². The Morgan fingerprint density at radius 1 is 1.58 bits per heavy atom. The van der Waals surface area contributed by atoms with Gasteiger partial charge in [-0.1, -0.05) is 11.8 Å². The van der Waals surface area contributed by atoms with Crippen LogP contribution in [0.4, 0.5) is 0 Å². The maximum absolute atomic E-state index is 10.2. The summed E-state index contributed by atoms with van der Waals surface area (Å²) in [6.07, 6.45) is 3.01. The number of aliphatic imine (C=N–C) groups is 1. The van der Waals surface area contributed by atoms with E-state index in [4.69, 9.17) is 0 Å². The van der Waals surface area contributed by atoms with Crippen molar-refractivity contribution in [1.82, 2.24) is 15.5 Å². The largest absolute Gasteiger partial charge is 0.387 e. The number of hydrogen-bond acceptors (Lipinski definition) is 6. The summed E-state index contributed by atoms with van der Waals surface area (Å²) in [6.45, 7) is 5.30. The first-order valence-corrected chi connectivity index (χ1v) is 7.96. The molecule has 3 rings (SSSR count). The van der Waals surface area contributed by atoms with Crippen LogP contribution < -0.4 is 10.6 Å². The van der Waals surface area contributed by atoms with E-state index in [-0.39, 0.29) is 0 Å². The van der Waals surface area contributed by atoms with Gasteiger partial charge in [-0.15, -0.1) is 0 Å². The molecule has 0 spiro atoms. The Bertz CT molecular complexity index is 390. The normalized spacial score (nSPS) is 30.3. The van der Waals surface area contributed by atoms with Gasteiger partial charge in [-0.25, -0.2) is 0 Å². The molecule has 3 N–H and O–H groups in total. The van der Waals surface area contributed by atoms with E-state index in [1.807, 2.05) is 0 Å². The highest BCUT2D eigenvalue weighted by Gasteiger charge is 2.30. The maximum atomic E-state index is 10.2. The van der Waals surface area contributed by atoms with Crippen LogP contribution in [0.1, 0.15) is 19.3 Å². The number of nitrogens with one attached hydrogen (secondary N) is 2. The van der Waals surface area contributed by atoms with Gasteiger partial charge in [0.15, 0.2) is 5.17 Å². The molecule has 1 saturated heterocycles. The molecule has 19 heavy (non-hydrogen) atoms. The van der Waals surface area contributed by atoms with Crippen LogP contribution in [0.5, 0.6) is 0 Å². The molecule has 0 aromatic heterocycles. The lowest BCUT2D eigenvalue weighted by molar-refractivity contribution is 0.0614. The SMILES string of the molecule is O[C@@]1(CNCCC2=CSC3=NCCCN23)CCNC1. The van der Waals surface area contributed by atoms with Crippen molar-refractivity contribution >= 4 is 16.9 Å². The minimum atomic E-state index is -0.545. The molecule has 0 bridgehead atoms. The van der Waals surface area contributed by atoms with Gasteiger partial charge in [0.1, 0.15) is 0 Å². The van der Waals surface area contributed by atoms with Crippen molar-refractivity contribution in [3.63, 3.8) is 0 Å². The minimum absolute atomic E-state index is 0.545. The zero-order valence-electron chi connectivity index (χ0n) is 11.2. The highest BCUT2D eigenvalue weighted by atomic mass is 32.2. The van der Waals surface area contributed by atoms with Crippen molar-refractivity contribution in [3.8, 4) is 0 Å². The molecule has 0 aromatic rings. The number of nitrogens with zero attached hydrogens (tertiary/aromatic N) is 2. The Hall–Kier alpha value is -0.560. The Labute approximate surface area is 118 Å². The standard InChI is InChI=1S/C13H22N4OS/c18-13(3-6-15-10-13)9-14-5-2-11-8-19-12-16-4-1-7-17(11)12/h8,14-15,18H,1-7,9-10H2/t13-/m1/s1. The van der Waals surface area contributed by atoms with Crippen molar-refractivity contribution in [3.05, 3.63) is 11.1 Å². The summed E-state index contributed by atoms with van der Waals surface area (Å²) < 4.78 is 0. The van der Waals surface area contributed by atoms with Gasteiger partial charge in [-0.3, -0.25) is 4.99 Å². The molecule has 3 aliphatic rings. The Morgan fingerprint density at radius 3 is 3.37 bits per heavy atom. The lowest BCUT2D eigenvalue weighted by atomic mass is 10.0. The first kappa shape index (κ1) is 13.4. The van der Waals surface area contributed by atoms with Crippen LogP contribution in [0.2, 0.25) is 0 Å². The monoisotopic (exact) mass is 282 g/mol. The van der Waals surface area contributed by atoms with E-state index in [1.54, 1.807) is 11.8 Å². The van der Waals surface area contributed by atoms with Crippen LogP contribution in [0.15, 0.2) is 16.1 Å². The molecule has 0 unspecified atom stereocenters. The molecule has 0 aliphatic carbocycles. The van der Waals surface area contributed by atoms with Crippen LogP contribution >= 0.6 is 11.8 Å². The number of rotatable bonds is 5. The van der Waals surface area contributed by atoms with Crippen molar-refractivity contribution in [1.29, 1.82) is 0 Å². The van der Waals surface area contributed by atoms with Crippen LogP contribution in [-0.4, -0.2) is 60.0 Å². The van der Waals surface area contributed by atoms with E-state index in [0.717, 1.165) is 45.4 Å². The Kier molecular flexibility index (Phi) is 4.12. The molecular formula is C13H22N4OS. The number of amidine groups is 1. The molecule has 5 nitrogen and oxygen atoms in total. The maximum Gasteiger partial charge on any atom is 0.167 e. The van der Waals surface area contributed by atoms with E-state index in [0.29, 0.717) is 13.1 Å². The first-order valence-electron chi connectivity index (χ1n) is 7.08. The zero-order valence-corrected chi connectivity index (χ0v) is 12.0. The predicted molar refractivity (Wildman–Crippen MR) is 79.2 cm³/mol. The molecular weight excluding hydrogens is 260 g/mol. The third kappa shape index (κ3) is 3.13. The van der Waals surface area contributed by atoms with E-state index >= 15 is 0 Å². The minimum Gasteiger partial charge on any atom is -0.387 e. The van der Waals surface area contributed by atoms with Gasteiger partial charge in [0.25, 0.3) is 0 Å². The summed E-state index contributed by atoms with van der Waals surface area (Å²) in [5.74, 6) is 0. The molecule has 106 valence electrons. The Morgan fingerprint density at radius 2 is 2.53 bits per heavy atom. The molecule has 6 heteroatoms. The average molecular weight is 282 g/mol.